The molecule has 1 aliphatic heterocycles. The number of nitrogens with zero attached hydrogens (tertiary/aromatic N) is 1. The number of carbonyl (C=O) groups is 1. The second-order valence-electron chi connectivity index (χ2n) is 6.05. The third kappa shape index (κ3) is 3.85. The van der Waals surface area contributed by atoms with Crippen molar-refractivity contribution in [2.24, 2.45) is 11.7 Å². The minimum atomic E-state index is -1.83. The number of hydrogen-bond acceptors (Lipinski definition) is 5. The van der Waals surface area contributed by atoms with E-state index in [1.54, 1.807) is 24.3 Å². The Morgan fingerprint density at radius 2 is 2.09 bits per heavy atom. The van der Waals surface area contributed by atoms with E-state index in [0.29, 0.717) is 24.5 Å². The van der Waals surface area contributed by atoms with Gasteiger partial charge in [0.2, 0.25) is 5.91 Å². The number of para-hydroxylation sites is 1. The van der Waals surface area contributed by atoms with Crippen molar-refractivity contribution < 1.29 is 13.2 Å². The standard InChI is InChI=1S/C16H23N3O3S/c1-12(17)18-11-7-10-14-15(20)19(16(14,2)3)23(21)22-13-8-5-4-6-9-13/h4-6,8-9,14,18H,1,7,10-11,17H2,2-3H3/t14-,23?/m1/s1. The molecule has 1 saturated heterocycles. The van der Waals surface area contributed by atoms with Crippen molar-refractivity contribution in [3.8, 4) is 5.75 Å². The first-order chi connectivity index (χ1) is 10.8. The molecular weight excluding hydrogens is 314 g/mol. The number of β-lactam (4-membered cyclic amide) rings is 1. The van der Waals surface area contributed by atoms with Crippen LogP contribution in [0.4, 0.5) is 0 Å². The number of rotatable bonds is 8. The van der Waals surface area contributed by atoms with Gasteiger partial charge in [0.25, 0.3) is 0 Å². The van der Waals surface area contributed by atoms with Crippen LogP contribution in [-0.4, -0.2) is 26.5 Å². The van der Waals surface area contributed by atoms with Gasteiger partial charge in [-0.2, -0.15) is 4.21 Å². The van der Waals surface area contributed by atoms with Crippen molar-refractivity contribution in [3.05, 3.63) is 42.7 Å². The van der Waals surface area contributed by atoms with Gasteiger partial charge in [-0.05, 0) is 38.8 Å². The molecule has 1 aliphatic rings. The van der Waals surface area contributed by atoms with Gasteiger partial charge in [-0.1, -0.05) is 24.8 Å². The van der Waals surface area contributed by atoms with Gasteiger partial charge in [0.15, 0.2) is 0 Å². The molecule has 0 aromatic heterocycles. The molecule has 2 atom stereocenters. The molecule has 1 amide bonds. The van der Waals surface area contributed by atoms with Crippen molar-refractivity contribution in [1.29, 1.82) is 0 Å². The molecule has 1 unspecified atom stereocenters. The Labute approximate surface area is 139 Å². The zero-order valence-corrected chi connectivity index (χ0v) is 14.3. The predicted octanol–water partition coefficient (Wildman–Crippen LogP) is 1.68. The lowest BCUT2D eigenvalue weighted by atomic mass is 9.76. The van der Waals surface area contributed by atoms with Gasteiger partial charge < -0.3 is 15.2 Å². The maximum Gasteiger partial charge on any atom is 0.321 e. The number of nitrogens with one attached hydrogen (secondary N) is 1. The molecule has 1 aromatic carbocycles. The molecule has 2 rings (SSSR count). The Morgan fingerprint density at radius 3 is 2.65 bits per heavy atom. The summed E-state index contributed by atoms with van der Waals surface area (Å²) >= 11 is -1.83. The molecule has 1 aromatic rings. The Balaban J connectivity index is 1.91. The van der Waals surface area contributed by atoms with Gasteiger partial charge in [-0.3, -0.25) is 4.79 Å². The molecule has 0 spiro atoms. The van der Waals surface area contributed by atoms with Crippen LogP contribution in [-0.2, 0) is 16.1 Å². The first-order valence-corrected chi connectivity index (χ1v) is 8.55. The molecule has 1 heterocycles. The van der Waals surface area contributed by atoms with Gasteiger partial charge in [0, 0.05) is 6.54 Å². The molecule has 0 bridgehead atoms. The van der Waals surface area contributed by atoms with E-state index in [1.807, 2.05) is 19.9 Å². The summed E-state index contributed by atoms with van der Waals surface area (Å²) in [6.45, 7) is 8.03. The molecule has 6 nitrogen and oxygen atoms in total. The van der Waals surface area contributed by atoms with E-state index in [-0.39, 0.29) is 11.8 Å². The smallest absolute Gasteiger partial charge is 0.321 e. The van der Waals surface area contributed by atoms with E-state index >= 15 is 0 Å². The van der Waals surface area contributed by atoms with Gasteiger partial charge in [0.1, 0.15) is 5.75 Å². The van der Waals surface area contributed by atoms with Crippen molar-refractivity contribution >= 4 is 17.2 Å². The Morgan fingerprint density at radius 1 is 1.43 bits per heavy atom. The lowest BCUT2D eigenvalue weighted by molar-refractivity contribution is -0.154. The van der Waals surface area contributed by atoms with E-state index in [4.69, 9.17) is 9.92 Å². The fourth-order valence-electron chi connectivity index (χ4n) is 2.70. The normalized spacial score (nSPS) is 20.5. The summed E-state index contributed by atoms with van der Waals surface area (Å²) in [6.07, 6.45) is 1.49. The minimum absolute atomic E-state index is 0.143. The van der Waals surface area contributed by atoms with Crippen LogP contribution in [0.15, 0.2) is 42.7 Å². The summed E-state index contributed by atoms with van der Waals surface area (Å²) in [5.41, 5.74) is 4.93. The predicted molar refractivity (Wildman–Crippen MR) is 90.2 cm³/mol. The molecule has 0 radical (unpaired) electrons. The van der Waals surface area contributed by atoms with Gasteiger partial charge in [-0.25, -0.2) is 4.31 Å². The fraction of sp³-hybridized carbons (Fsp3) is 0.438. The molecule has 23 heavy (non-hydrogen) atoms. The first kappa shape index (κ1) is 17.3. The molecule has 7 heteroatoms. The largest absolute Gasteiger partial charge is 0.386 e. The van der Waals surface area contributed by atoms with E-state index in [1.165, 1.54) is 4.31 Å². The average Bonchev–Trinajstić information content (AvgIpc) is 2.47. The van der Waals surface area contributed by atoms with E-state index in [0.717, 1.165) is 6.42 Å². The highest BCUT2D eigenvalue weighted by Crippen LogP contribution is 2.41. The van der Waals surface area contributed by atoms with Crippen LogP contribution < -0.4 is 15.2 Å². The lowest BCUT2D eigenvalue weighted by Gasteiger charge is -2.51. The highest BCUT2D eigenvalue weighted by Gasteiger charge is 2.57. The Bertz CT molecular complexity index is 604. The summed E-state index contributed by atoms with van der Waals surface area (Å²) in [5.74, 6) is 0.584. The van der Waals surface area contributed by atoms with E-state index < -0.39 is 16.8 Å². The third-order valence-corrected chi connectivity index (χ3v) is 5.24. The number of benzene rings is 1. The fourth-order valence-corrected chi connectivity index (χ4v) is 3.83. The zero-order valence-electron chi connectivity index (χ0n) is 13.5. The SMILES string of the molecule is C=C(N)NCCC[C@@H]1C(=O)N(S(=O)Oc2ccccc2)C1(C)C. The van der Waals surface area contributed by atoms with E-state index in [2.05, 4.69) is 11.9 Å². The van der Waals surface area contributed by atoms with Crippen LogP contribution in [0.3, 0.4) is 0 Å². The molecule has 126 valence electrons. The summed E-state index contributed by atoms with van der Waals surface area (Å²) in [7, 11) is 0. The molecule has 0 saturated carbocycles. The van der Waals surface area contributed by atoms with Crippen molar-refractivity contribution in [2.75, 3.05) is 6.54 Å². The van der Waals surface area contributed by atoms with Gasteiger partial charge in [-0.15, -0.1) is 0 Å². The maximum atomic E-state index is 12.3. The van der Waals surface area contributed by atoms with Crippen LogP contribution in [0.2, 0.25) is 0 Å². The average molecular weight is 337 g/mol. The van der Waals surface area contributed by atoms with Crippen molar-refractivity contribution in [2.45, 2.75) is 32.2 Å². The van der Waals surface area contributed by atoms with Gasteiger partial charge in [0.05, 0.1) is 17.3 Å². The Hall–Kier alpha value is -2.02. The Kier molecular flexibility index (Phi) is 5.30. The summed E-state index contributed by atoms with van der Waals surface area (Å²) in [4.78, 5) is 12.3. The highest BCUT2D eigenvalue weighted by molar-refractivity contribution is 7.78. The quantitative estimate of drug-likeness (QED) is 0.557. The number of nitrogens with two attached hydrogens (primary N) is 1. The molecule has 3 N–H and O–H groups in total. The van der Waals surface area contributed by atoms with Crippen LogP contribution in [0.1, 0.15) is 26.7 Å². The van der Waals surface area contributed by atoms with E-state index in [9.17, 15) is 9.00 Å². The first-order valence-electron chi connectivity index (χ1n) is 7.51. The lowest BCUT2D eigenvalue weighted by Crippen LogP contribution is -2.68. The van der Waals surface area contributed by atoms with Crippen LogP contribution >= 0.6 is 0 Å². The number of amides is 1. The number of carbonyl (C=O) groups excluding carboxylic acids is 1. The molecule has 0 aliphatic carbocycles. The van der Waals surface area contributed by atoms with Crippen LogP contribution in [0.5, 0.6) is 5.75 Å². The van der Waals surface area contributed by atoms with Crippen molar-refractivity contribution in [3.63, 3.8) is 0 Å². The van der Waals surface area contributed by atoms with Gasteiger partial charge >= 0.3 is 11.3 Å². The summed E-state index contributed by atoms with van der Waals surface area (Å²) in [5, 5.41) is 2.93. The van der Waals surface area contributed by atoms with Crippen LogP contribution in [0.25, 0.3) is 0 Å². The second kappa shape index (κ2) is 7.04. The third-order valence-electron chi connectivity index (χ3n) is 3.96. The molecular formula is C16H23N3O3S. The van der Waals surface area contributed by atoms with Crippen LogP contribution in [0, 0.1) is 5.92 Å². The number of hydrogen-bond donors (Lipinski definition) is 2. The highest BCUT2D eigenvalue weighted by atomic mass is 32.2. The minimum Gasteiger partial charge on any atom is -0.386 e. The maximum absolute atomic E-state index is 12.3. The summed E-state index contributed by atoms with van der Waals surface area (Å²) < 4.78 is 19.0. The zero-order chi connectivity index (χ0) is 17.0. The second-order valence-corrected chi connectivity index (χ2v) is 7.01. The summed E-state index contributed by atoms with van der Waals surface area (Å²) in [6, 6.07) is 8.83. The van der Waals surface area contributed by atoms with Crippen molar-refractivity contribution in [1.82, 2.24) is 9.62 Å². The molecule has 1 fully saturated rings. The topological polar surface area (TPSA) is 84.7 Å². The monoisotopic (exact) mass is 337 g/mol.